The van der Waals surface area contributed by atoms with Crippen molar-refractivity contribution in [1.29, 1.82) is 0 Å². The zero-order valence-corrected chi connectivity index (χ0v) is 10.3. The first-order valence-electron chi connectivity index (χ1n) is 5.34. The minimum absolute atomic E-state index is 0.0116. The highest BCUT2D eigenvalue weighted by molar-refractivity contribution is 7.99. The molecule has 0 aromatic carbocycles. The van der Waals surface area contributed by atoms with Gasteiger partial charge in [-0.15, -0.1) is 11.8 Å². The molecule has 0 aliphatic rings. The van der Waals surface area contributed by atoms with Gasteiger partial charge in [0.1, 0.15) is 11.4 Å². The van der Waals surface area contributed by atoms with E-state index >= 15 is 0 Å². The lowest BCUT2D eigenvalue weighted by molar-refractivity contribution is -0.136. The van der Waals surface area contributed by atoms with Gasteiger partial charge in [-0.2, -0.15) is 5.10 Å². The molecule has 0 aliphatic carbocycles. The zero-order valence-electron chi connectivity index (χ0n) is 9.48. The fraction of sp³-hybridized carbons (Fsp3) is 0.400. The number of hydrogen-bond donors (Lipinski definition) is 2. The number of nitrogens with zero attached hydrogens (tertiary/aromatic N) is 4. The van der Waals surface area contributed by atoms with Crippen LogP contribution in [0, 0.1) is 0 Å². The van der Waals surface area contributed by atoms with Crippen LogP contribution in [0.15, 0.2) is 17.6 Å². The summed E-state index contributed by atoms with van der Waals surface area (Å²) in [5, 5.41) is 23.1. The first kappa shape index (κ1) is 12.8. The zero-order chi connectivity index (χ0) is 13.0. The highest BCUT2D eigenvalue weighted by atomic mass is 32.2. The Labute approximate surface area is 107 Å². The molecule has 0 bridgehead atoms. The van der Waals surface area contributed by atoms with Crippen LogP contribution >= 0.6 is 11.8 Å². The summed E-state index contributed by atoms with van der Waals surface area (Å²) in [6.07, 6.45) is 3.13. The highest BCUT2D eigenvalue weighted by Gasteiger charge is 2.10. The molecule has 8 heteroatoms. The Hall–Kier alpha value is -1.67. The van der Waals surface area contributed by atoms with Crippen LogP contribution in [0.4, 0.5) is 0 Å². The average Bonchev–Trinajstić information content (AvgIpc) is 2.74. The number of carboxylic acids is 1. The predicted octanol–water partition coefficient (Wildman–Crippen LogP) is 0.385. The van der Waals surface area contributed by atoms with Crippen LogP contribution in [0.1, 0.15) is 6.42 Å². The molecule has 18 heavy (non-hydrogen) atoms. The van der Waals surface area contributed by atoms with E-state index in [4.69, 9.17) is 10.2 Å². The van der Waals surface area contributed by atoms with Crippen molar-refractivity contribution in [3.63, 3.8) is 0 Å². The van der Waals surface area contributed by atoms with E-state index in [1.54, 1.807) is 10.9 Å². The van der Waals surface area contributed by atoms with E-state index in [-0.39, 0.29) is 13.0 Å². The number of hydrogen-bond acceptors (Lipinski definition) is 6. The first-order valence-corrected chi connectivity index (χ1v) is 6.33. The van der Waals surface area contributed by atoms with Crippen molar-refractivity contribution >= 4 is 28.8 Å². The molecule has 0 radical (unpaired) electrons. The lowest BCUT2D eigenvalue weighted by Crippen LogP contribution is -2.04. The van der Waals surface area contributed by atoms with Crippen molar-refractivity contribution in [2.45, 2.75) is 18.0 Å². The molecule has 2 aromatic rings. The Kier molecular flexibility index (Phi) is 4.11. The highest BCUT2D eigenvalue weighted by Crippen LogP contribution is 2.24. The van der Waals surface area contributed by atoms with Crippen molar-refractivity contribution in [3.05, 3.63) is 12.5 Å². The average molecular weight is 268 g/mol. The largest absolute Gasteiger partial charge is 0.481 e. The maximum atomic E-state index is 10.5. The van der Waals surface area contributed by atoms with Crippen LogP contribution in [-0.2, 0) is 11.3 Å². The van der Waals surface area contributed by atoms with Gasteiger partial charge in [-0.3, -0.25) is 4.79 Å². The van der Waals surface area contributed by atoms with Gasteiger partial charge in [0, 0.05) is 5.75 Å². The second-order valence-electron chi connectivity index (χ2n) is 3.50. The van der Waals surface area contributed by atoms with E-state index in [1.165, 1.54) is 18.1 Å². The molecule has 2 aromatic heterocycles. The van der Waals surface area contributed by atoms with Gasteiger partial charge in [-0.25, -0.2) is 14.6 Å². The van der Waals surface area contributed by atoms with E-state index in [0.29, 0.717) is 23.0 Å². The molecular weight excluding hydrogens is 256 g/mol. The van der Waals surface area contributed by atoms with Gasteiger partial charge < -0.3 is 10.2 Å². The van der Waals surface area contributed by atoms with Crippen molar-refractivity contribution in [3.8, 4) is 0 Å². The number of rotatable bonds is 6. The number of fused-ring (bicyclic) bond motifs is 1. The fourth-order valence-corrected chi connectivity index (χ4v) is 2.37. The normalized spacial score (nSPS) is 10.9. The van der Waals surface area contributed by atoms with Gasteiger partial charge >= 0.3 is 5.97 Å². The summed E-state index contributed by atoms with van der Waals surface area (Å²) in [5.41, 5.74) is 0.650. The smallest absolute Gasteiger partial charge is 0.304 e. The summed E-state index contributed by atoms with van der Waals surface area (Å²) in [6, 6.07) is 0. The monoisotopic (exact) mass is 268 g/mol. The topological polar surface area (TPSA) is 101 Å². The Balaban J connectivity index is 2.20. The molecule has 0 aliphatic heterocycles. The van der Waals surface area contributed by atoms with Crippen molar-refractivity contribution in [1.82, 2.24) is 19.7 Å². The van der Waals surface area contributed by atoms with E-state index < -0.39 is 5.97 Å². The third-order valence-electron chi connectivity index (χ3n) is 2.26. The Morgan fingerprint density at radius 1 is 1.44 bits per heavy atom. The summed E-state index contributed by atoms with van der Waals surface area (Å²) >= 11 is 1.36. The van der Waals surface area contributed by atoms with Crippen molar-refractivity contribution in [2.24, 2.45) is 0 Å². The van der Waals surface area contributed by atoms with Crippen molar-refractivity contribution < 1.29 is 15.0 Å². The molecule has 96 valence electrons. The molecule has 0 amide bonds. The van der Waals surface area contributed by atoms with Crippen LogP contribution in [0.2, 0.25) is 0 Å². The third kappa shape index (κ3) is 2.77. The number of carboxylic acid groups (broad SMARTS) is 1. The summed E-state index contributed by atoms with van der Waals surface area (Å²) in [7, 11) is 0. The van der Waals surface area contributed by atoms with Gasteiger partial charge in [0.2, 0.25) is 0 Å². The molecule has 0 atom stereocenters. The minimum Gasteiger partial charge on any atom is -0.481 e. The predicted molar refractivity (Wildman–Crippen MR) is 65.4 cm³/mol. The number of aliphatic carboxylic acids is 1. The second kappa shape index (κ2) is 5.78. The van der Waals surface area contributed by atoms with Gasteiger partial charge in [-0.05, 0) is 0 Å². The second-order valence-corrected chi connectivity index (χ2v) is 4.58. The molecule has 2 rings (SSSR count). The SMILES string of the molecule is O=C(O)CCSc1ncnc2c1cnn2CCO. The molecule has 0 saturated carbocycles. The van der Waals surface area contributed by atoms with Crippen LogP contribution in [0.25, 0.3) is 11.0 Å². The summed E-state index contributed by atoms with van der Waals surface area (Å²) in [4.78, 5) is 18.7. The molecule has 7 nitrogen and oxygen atoms in total. The molecule has 2 heterocycles. The van der Waals surface area contributed by atoms with E-state index in [1.807, 2.05) is 0 Å². The summed E-state index contributed by atoms with van der Waals surface area (Å²) in [5.74, 6) is -0.379. The number of aliphatic hydroxyl groups excluding tert-OH is 1. The van der Waals surface area contributed by atoms with Crippen LogP contribution in [-0.4, -0.2) is 48.3 Å². The van der Waals surface area contributed by atoms with Gasteiger partial charge in [-0.1, -0.05) is 0 Å². The molecule has 0 unspecified atom stereocenters. The van der Waals surface area contributed by atoms with E-state index in [0.717, 1.165) is 5.39 Å². The number of thioether (sulfide) groups is 1. The molecule has 0 fully saturated rings. The summed E-state index contributed by atoms with van der Waals surface area (Å²) < 4.78 is 1.60. The Bertz CT molecular complexity index is 557. The van der Waals surface area contributed by atoms with Crippen LogP contribution < -0.4 is 0 Å². The number of carbonyl (C=O) groups is 1. The fourth-order valence-electron chi connectivity index (χ4n) is 1.48. The first-order chi connectivity index (χ1) is 8.72. The van der Waals surface area contributed by atoms with Gasteiger partial charge in [0.25, 0.3) is 0 Å². The van der Waals surface area contributed by atoms with Crippen molar-refractivity contribution in [2.75, 3.05) is 12.4 Å². The van der Waals surface area contributed by atoms with Crippen LogP contribution in [0.3, 0.4) is 0 Å². The molecular formula is C10H12N4O3S. The lowest BCUT2D eigenvalue weighted by atomic mass is 10.4. The summed E-state index contributed by atoms with van der Waals surface area (Å²) in [6.45, 7) is 0.363. The minimum atomic E-state index is -0.830. The standard InChI is InChI=1S/C10H12N4O3S/c15-3-2-14-9-7(5-13-14)10(12-6-11-9)18-4-1-8(16)17/h5-6,15H,1-4H2,(H,16,17). The number of aromatic nitrogens is 4. The maximum absolute atomic E-state index is 10.5. The van der Waals surface area contributed by atoms with E-state index in [2.05, 4.69) is 15.1 Å². The molecule has 0 spiro atoms. The lowest BCUT2D eigenvalue weighted by Gasteiger charge is -2.01. The molecule has 2 N–H and O–H groups in total. The third-order valence-corrected chi connectivity index (χ3v) is 3.27. The molecule has 0 saturated heterocycles. The quantitative estimate of drug-likeness (QED) is 0.577. The van der Waals surface area contributed by atoms with E-state index in [9.17, 15) is 4.79 Å². The number of aliphatic hydroxyl groups is 1. The van der Waals surface area contributed by atoms with Gasteiger partial charge in [0.05, 0.1) is 31.2 Å². The Morgan fingerprint density at radius 2 is 2.28 bits per heavy atom. The van der Waals surface area contributed by atoms with Gasteiger partial charge in [0.15, 0.2) is 5.65 Å². The Morgan fingerprint density at radius 3 is 3.00 bits per heavy atom. The van der Waals surface area contributed by atoms with Crippen LogP contribution in [0.5, 0.6) is 0 Å². The maximum Gasteiger partial charge on any atom is 0.304 e.